The predicted octanol–water partition coefficient (Wildman–Crippen LogP) is 4.27. The molecule has 0 radical (unpaired) electrons. The van der Waals surface area contributed by atoms with Gasteiger partial charge in [-0.15, -0.1) is 11.3 Å². The van der Waals surface area contributed by atoms with Crippen LogP contribution in [-0.2, 0) is 11.2 Å². The lowest BCUT2D eigenvalue weighted by Crippen LogP contribution is -2.49. The van der Waals surface area contributed by atoms with Crippen molar-refractivity contribution in [2.24, 2.45) is 0 Å². The Hall–Kier alpha value is -3.32. The maximum atomic E-state index is 13.0. The molecule has 0 aliphatic carbocycles. The van der Waals surface area contributed by atoms with Crippen molar-refractivity contribution in [2.45, 2.75) is 13.3 Å². The Labute approximate surface area is 191 Å². The standard InChI is InChI=1S/C25H26N4O2S/c1-18-4-3-5-20(14-18)27-10-12-28(13-11-27)24(30)15-21-17-32-25-26-23(16-29(21)25)19-6-8-22(31-2)9-7-19/h3-9,14,16-17H,10-13,15H2,1-2H3. The van der Waals surface area contributed by atoms with Crippen molar-refractivity contribution in [3.8, 4) is 17.0 Å². The number of piperazine rings is 1. The highest BCUT2D eigenvalue weighted by molar-refractivity contribution is 7.15. The molecule has 4 aromatic rings. The number of hydrogen-bond acceptors (Lipinski definition) is 5. The van der Waals surface area contributed by atoms with Crippen LogP contribution in [0.3, 0.4) is 0 Å². The summed E-state index contributed by atoms with van der Waals surface area (Å²) in [5, 5.41) is 2.04. The zero-order valence-electron chi connectivity index (χ0n) is 18.3. The molecule has 7 heteroatoms. The van der Waals surface area contributed by atoms with Gasteiger partial charge in [-0.25, -0.2) is 4.98 Å². The second-order valence-corrected chi connectivity index (χ2v) is 8.95. The minimum Gasteiger partial charge on any atom is -0.497 e. The van der Waals surface area contributed by atoms with E-state index in [0.29, 0.717) is 6.42 Å². The van der Waals surface area contributed by atoms with Crippen LogP contribution < -0.4 is 9.64 Å². The lowest BCUT2D eigenvalue weighted by molar-refractivity contribution is -0.130. The van der Waals surface area contributed by atoms with E-state index in [0.717, 1.165) is 53.8 Å². The molecular weight excluding hydrogens is 420 g/mol. The Bertz CT molecular complexity index is 1240. The van der Waals surface area contributed by atoms with Crippen LogP contribution in [0.2, 0.25) is 0 Å². The number of fused-ring (bicyclic) bond motifs is 1. The van der Waals surface area contributed by atoms with E-state index in [2.05, 4.69) is 36.1 Å². The highest BCUT2D eigenvalue weighted by atomic mass is 32.1. The normalized spacial score (nSPS) is 14.2. The second kappa shape index (κ2) is 8.67. The molecule has 0 saturated carbocycles. The topological polar surface area (TPSA) is 50.1 Å². The van der Waals surface area contributed by atoms with E-state index >= 15 is 0 Å². The van der Waals surface area contributed by atoms with E-state index in [9.17, 15) is 4.79 Å². The summed E-state index contributed by atoms with van der Waals surface area (Å²) in [4.78, 5) is 23.0. The van der Waals surface area contributed by atoms with Gasteiger partial charge in [0.25, 0.3) is 0 Å². The quantitative estimate of drug-likeness (QED) is 0.459. The molecule has 1 aliphatic rings. The monoisotopic (exact) mass is 446 g/mol. The Morgan fingerprint density at radius 2 is 1.88 bits per heavy atom. The van der Waals surface area contributed by atoms with Gasteiger partial charge in [-0.1, -0.05) is 12.1 Å². The molecule has 0 spiro atoms. The van der Waals surface area contributed by atoms with Crippen molar-refractivity contribution >= 4 is 27.9 Å². The molecule has 0 unspecified atom stereocenters. The molecule has 164 valence electrons. The van der Waals surface area contributed by atoms with Gasteiger partial charge in [-0.05, 0) is 48.9 Å². The number of imidazole rings is 1. The van der Waals surface area contributed by atoms with Crippen molar-refractivity contribution in [1.29, 1.82) is 0 Å². The van der Waals surface area contributed by atoms with Crippen LogP contribution in [0.25, 0.3) is 16.2 Å². The first-order valence-corrected chi connectivity index (χ1v) is 11.7. The third kappa shape index (κ3) is 4.08. The van der Waals surface area contributed by atoms with Gasteiger partial charge in [-0.2, -0.15) is 0 Å². The first-order chi connectivity index (χ1) is 15.6. The number of nitrogens with zero attached hydrogens (tertiary/aromatic N) is 4. The zero-order valence-corrected chi connectivity index (χ0v) is 19.1. The maximum absolute atomic E-state index is 13.0. The summed E-state index contributed by atoms with van der Waals surface area (Å²) >= 11 is 1.57. The fourth-order valence-electron chi connectivity index (χ4n) is 4.16. The average Bonchev–Trinajstić information content (AvgIpc) is 3.41. The first kappa shape index (κ1) is 20.6. The van der Waals surface area contributed by atoms with Crippen LogP contribution >= 0.6 is 11.3 Å². The van der Waals surface area contributed by atoms with Gasteiger partial charge in [0, 0.05) is 54.7 Å². The van der Waals surface area contributed by atoms with Crippen LogP contribution in [-0.4, -0.2) is 53.5 Å². The van der Waals surface area contributed by atoms with E-state index < -0.39 is 0 Å². The van der Waals surface area contributed by atoms with E-state index in [1.807, 2.05) is 45.1 Å². The molecule has 1 aliphatic heterocycles. The molecule has 1 fully saturated rings. The molecule has 5 rings (SSSR count). The molecule has 32 heavy (non-hydrogen) atoms. The molecule has 2 aromatic carbocycles. The van der Waals surface area contributed by atoms with E-state index in [1.165, 1.54) is 11.3 Å². The largest absolute Gasteiger partial charge is 0.497 e. The highest BCUT2D eigenvalue weighted by Gasteiger charge is 2.22. The Kier molecular flexibility index (Phi) is 5.57. The molecule has 6 nitrogen and oxygen atoms in total. The number of carbonyl (C=O) groups excluding carboxylic acids is 1. The lowest BCUT2D eigenvalue weighted by atomic mass is 10.1. The molecule has 0 atom stereocenters. The third-order valence-electron chi connectivity index (χ3n) is 6.00. The van der Waals surface area contributed by atoms with E-state index in [-0.39, 0.29) is 5.91 Å². The van der Waals surface area contributed by atoms with Crippen molar-refractivity contribution in [1.82, 2.24) is 14.3 Å². The van der Waals surface area contributed by atoms with Gasteiger partial charge in [-0.3, -0.25) is 9.20 Å². The van der Waals surface area contributed by atoms with Gasteiger partial charge >= 0.3 is 0 Å². The van der Waals surface area contributed by atoms with Gasteiger partial charge in [0.05, 0.1) is 19.2 Å². The number of thiazole rings is 1. The highest BCUT2D eigenvalue weighted by Crippen LogP contribution is 2.26. The Morgan fingerprint density at radius 3 is 2.59 bits per heavy atom. The second-order valence-electron chi connectivity index (χ2n) is 8.12. The molecular formula is C25H26N4O2S. The third-order valence-corrected chi connectivity index (χ3v) is 6.89. The van der Waals surface area contributed by atoms with Crippen molar-refractivity contribution < 1.29 is 9.53 Å². The number of carbonyl (C=O) groups is 1. The summed E-state index contributed by atoms with van der Waals surface area (Å²) in [6.07, 6.45) is 2.41. The number of amides is 1. The van der Waals surface area contributed by atoms with Crippen molar-refractivity contribution in [2.75, 3.05) is 38.2 Å². The van der Waals surface area contributed by atoms with Gasteiger partial charge < -0.3 is 14.5 Å². The number of rotatable bonds is 5. The van der Waals surface area contributed by atoms with E-state index in [4.69, 9.17) is 9.72 Å². The van der Waals surface area contributed by atoms with Gasteiger partial charge in [0.15, 0.2) is 4.96 Å². The number of aromatic nitrogens is 2. The summed E-state index contributed by atoms with van der Waals surface area (Å²) in [6.45, 7) is 5.34. The zero-order chi connectivity index (χ0) is 22.1. The lowest BCUT2D eigenvalue weighted by Gasteiger charge is -2.36. The van der Waals surface area contributed by atoms with E-state index in [1.54, 1.807) is 18.4 Å². The van der Waals surface area contributed by atoms with Crippen molar-refractivity contribution in [3.63, 3.8) is 0 Å². The molecule has 0 bridgehead atoms. The van der Waals surface area contributed by atoms with Gasteiger partial charge in [0.1, 0.15) is 5.75 Å². The Balaban J connectivity index is 1.25. The number of aryl methyl sites for hydroxylation is 1. The molecule has 1 amide bonds. The average molecular weight is 447 g/mol. The van der Waals surface area contributed by atoms with Crippen LogP contribution in [0.4, 0.5) is 5.69 Å². The van der Waals surface area contributed by atoms with Crippen LogP contribution in [0, 0.1) is 6.92 Å². The van der Waals surface area contributed by atoms with Crippen LogP contribution in [0.5, 0.6) is 5.75 Å². The number of hydrogen-bond donors (Lipinski definition) is 0. The number of ether oxygens (including phenoxy) is 1. The summed E-state index contributed by atoms with van der Waals surface area (Å²) in [6, 6.07) is 16.4. The summed E-state index contributed by atoms with van der Waals surface area (Å²) in [5.74, 6) is 0.997. The fourth-order valence-corrected chi connectivity index (χ4v) is 5.04. The number of benzene rings is 2. The summed E-state index contributed by atoms with van der Waals surface area (Å²) in [7, 11) is 1.66. The maximum Gasteiger partial charge on any atom is 0.228 e. The van der Waals surface area contributed by atoms with Gasteiger partial charge in [0.2, 0.25) is 5.91 Å². The number of methoxy groups -OCH3 is 1. The molecule has 2 aromatic heterocycles. The summed E-state index contributed by atoms with van der Waals surface area (Å²) < 4.78 is 7.28. The molecule has 0 N–H and O–H groups in total. The van der Waals surface area contributed by atoms with Crippen LogP contribution in [0.1, 0.15) is 11.3 Å². The minimum absolute atomic E-state index is 0.174. The minimum atomic E-state index is 0.174. The predicted molar refractivity (Wildman–Crippen MR) is 129 cm³/mol. The molecule has 1 saturated heterocycles. The summed E-state index contributed by atoms with van der Waals surface area (Å²) in [5.41, 5.74) is 5.42. The SMILES string of the molecule is COc1ccc(-c2cn3c(CC(=O)N4CCN(c5cccc(C)c5)CC4)csc3n2)cc1. The molecule has 3 heterocycles. The number of anilines is 1. The Morgan fingerprint density at radius 1 is 1.09 bits per heavy atom. The smallest absolute Gasteiger partial charge is 0.228 e. The van der Waals surface area contributed by atoms with Crippen molar-refractivity contribution in [3.05, 3.63) is 71.4 Å². The fraction of sp³-hybridized carbons (Fsp3) is 0.280. The first-order valence-electron chi connectivity index (χ1n) is 10.8. The van der Waals surface area contributed by atoms with Crippen LogP contribution in [0.15, 0.2) is 60.1 Å².